The van der Waals surface area contributed by atoms with Crippen molar-refractivity contribution >= 4 is 0 Å². The number of likely N-dealkylation sites (N-methyl/N-ethyl adjacent to an activating group) is 1. The van der Waals surface area contributed by atoms with Crippen molar-refractivity contribution in [3.05, 3.63) is 46.4 Å². The third-order valence-electron chi connectivity index (χ3n) is 3.28. The van der Waals surface area contributed by atoms with Crippen LogP contribution in [0.2, 0.25) is 0 Å². The Kier molecular flexibility index (Phi) is 5.78. The zero-order valence-electron chi connectivity index (χ0n) is 12.6. The highest BCUT2D eigenvalue weighted by atomic mass is 19.4. The number of hydrogen-bond acceptors (Lipinski definition) is 2. The first-order chi connectivity index (χ1) is 9.66. The Morgan fingerprint density at radius 3 is 2.52 bits per heavy atom. The van der Waals surface area contributed by atoms with Crippen LogP contribution in [0.5, 0.6) is 0 Å². The van der Waals surface area contributed by atoms with Gasteiger partial charge in [0.25, 0.3) is 5.56 Å². The Balaban J connectivity index is 3.30. The highest BCUT2D eigenvalue weighted by molar-refractivity contribution is 5.27. The number of aromatic nitrogens is 1. The van der Waals surface area contributed by atoms with Gasteiger partial charge < -0.3 is 9.47 Å². The lowest BCUT2D eigenvalue weighted by atomic mass is 10.1. The van der Waals surface area contributed by atoms with E-state index >= 15 is 0 Å². The Morgan fingerprint density at radius 2 is 2.05 bits per heavy atom. The zero-order chi connectivity index (χ0) is 16.2. The minimum Gasteiger partial charge on any atom is -0.312 e. The Labute approximate surface area is 122 Å². The van der Waals surface area contributed by atoms with Gasteiger partial charge in [0.05, 0.1) is 5.56 Å². The van der Waals surface area contributed by atoms with Crippen LogP contribution in [-0.2, 0) is 12.6 Å². The van der Waals surface area contributed by atoms with E-state index in [2.05, 4.69) is 6.58 Å². The molecule has 0 amide bonds. The van der Waals surface area contributed by atoms with Crippen LogP contribution in [-0.4, -0.2) is 30.1 Å². The van der Waals surface area contributed by atoms with E-state index in [0.29, 0.717) is 19.0 Å². The van der Waals surface area contributed by atoms with Crippen molar-refractivity contribution in [3.63, 3.8) is 0 Å². The number of hydrogen-bond donors (Lipinski definition) is 0. The summed E-state index contributed by atoms with van der Waals surface area (Å²) in [4.78, 5) is 13.7. The van der Waals surface area contributed by atoms with E-state index in [1.165, 1.54) is 10.8 Å². The van der Waals surface area contributed by atoms with Gasteiger partial charge in [0.15, 0.2) is 0 Å². The number of pyridine rings is 1. The van der Waals surface area contributed by atoms with Gasteiger partial charge in [-0.2, -0.15) is 13.2 Å². The molecule has 1 rings (SSSR count). The second kappa shape index (κ2) is 6.93. The van der Waals surface area contributed by atoms with Crippen molar-refractivity contribution in [1.29, 1.82) is 0 Å². The molecule has 0 aromatic carbocycles. The van der Waals surface area contributed by atoms with Crippen LogP contribution in [0.3, 0.4) is 0 Å². The van der Waals surface area contributed by atoms with Gasteiger partial charge in [-0.3, -0.25) is 4.79 Å². The van der Waals surface area contributed by atoms with Crippen molar-refractivity contribution in [2.75, 3.05) is 20.6 Å². The maximum Gasteiger partial charge on any atom is 0.416 e. The fourth-order valence-corrected chi connectivity index (χ4v) is 2.10. The van der Waals surface area contributed by atoms with Gasteiger partial charge in [-0.15, -0.1) is 6.58 Å². The zero-order valence-corrected chi connectivity index (χ0v) is 12.6. The molecular weight excluding hydrogens is 281 g/mol. The van der Waals surface area contributed by atoms with Gasteiger partial charge in [-0.1, -0.05) is 6.08 Å². The molecule has 0 saturated heterocycles. The largest absolute Gasteiger partial charge is 0.416 e. The molecule has 0 aliphatic carbocycles. The molecule has 1 atom stereocenters. The molecule has 3 nitrogen and oxygen atoms in total. The van der Waals surface area contributed by atoms with Crippen LogP contribution in [0.4, 0.5) is 13.2 Å². The van der Waals surface area contributed by atoms with Gasteiger partial charge in [-0.05, 0) is 39.4 Å². The second-order valence-electron chi connectivity index (χ2n) is 5.38. The van der Waals surface area contributed by atoms with Crippen molar-refractivity contribution in [2.45, 2.75) is 32.0 Å². The first-order valence-corrected chi connectivity index (χ1v) is 6.74. The Bertz CT molecular complexity index is 547. The molecule has 0 aliphatic rings. The van der Waals surface area contributed by atoms with Crippen LogP contribution in [0.15, 0.2) is 29.7 Å². The van der Waals surface area contributed by atoms with E-state index in [0.717, 1.165) is 0 Å². The van der Waals surface area contributed by atoms with Crippen LogP contribution in [0, 0.1) is 0 Å². The summed E-state index contributed by atoms with van der Waals surface area (Å²) in [7, 11) is 3.59. The molecule has 0 unspecified atom stereocenters. The average Bonchev–Trinajstić information content (AvgIpc) is 2.35. The summed E-state index contributed by atoms with van der Waals surface area (Å²) < 4.78 is 40.5. The van der Waals surface area contributed by atoms with E-state index in [4.69, 9.17) is 0 Å². The summed E-state index contributed by atoms with van der Waals surface area (Å²) in [6.07, 6.45) is -0.764. The van der Waals surface area contributed by atoms with E-state index in [9.17, 15) is 18.0 Å². The molecule has 1 heterocycles. The van der Waals surface area contributed by atoms with E-state index in [-0.39, 0.29) is 18.0 Å². The van der Waals surface area contributed by atoms with Crippen molar-refractivity contribution in [3.8, 4) is 0 Å². The number of allylic oxidation sites excluding steroid dienone is 1. The maximum absolute atomic E-state index is 13.1. The summed E-state index contributed by atoms with van der Waals surface area (Å²) in [6.45, 7) is 5.86. The molecular formula is C15H21F3N2O. The third kappa shape index (κ3) is 4.74. The third-order valence-corrected chi connectivity index (χ3v) is 3.28. The first-order valence-electron chi connectivity index (χ1n) is 6.74. The molecule has 6 heteroatoms. The quantitative estimate of drug-likeness (QED) is 0.754. The summed E-state index contributed by atoms with van der Waals surface area (Å²) in [5.41, 5.74) is -1.33. The predicted octanol–water partition coefficient (Wildman–Crippen LogP) is 3.11. The van der Waals surface area contributed by atoms with Crippen LogP contribution in [0.25, 0.3) is 0 Å². The number of nitrogens with zero attached hydrogens (tertiary/aromatic N) is 2. The van der Waals surface area contributed by atoms with Gasteiger partial charge in [0.2, 0.25) is 0 Å². The highest BCUT2D eigenvalue weighted by Gasteiger charge is 2.34. The lowest BCUT2D eigenvalue weighted by Crippen LogP contribution is -2.27. The molecule has 1 aromatic heterocycles. The SMILES string of the molecule is C=CC[C@H](C)n1cc(CCN(C)C)c(C(F)(F)F)cc1=O. The van der Waals surface area contributed by atoms with Crippen molar-refractivity contribution < 1.29 is 13.2 Å². The fraction of sp³-hybridized carbons (Fsp3) is 0.533. The van der Waals surface area contributed by atoms with E-state index < -0.39 is 17.3 Å². The average molecular weight is 302 g/mol. The molecule has 1 aromatic rings. The maximum atomic E-state index is 13.1. The van der Waals surface area contributed by atoms with E-state index in [1.807, 2.05) is 4.90 Å². The van der Waals surface area contributed by atoms with Gasteiger partial charge in [-0.25, -0.2) is 0 Å². The summed E-state index contributed by atoms with van der Waals surface area (Å²) >= 11 is 0. The molecule has 0 N–H and O–H groups in total. The topological polar surface area (TPSA) is 25.2 Å². The predicted molar refractivity (Wildman–Crippen MR) is 77.5 cm³/mol. The van der Waals surface area contributed by atoms with Crippen LogP contribution < -0.4 is 5.56 Å². The van der Waals surface area contributed by atoms with Gasteiger partial charge in [0.1, 0.15) is 0 Å². The molecule has 0 bridgehead atoms. The lowest BCUT2D eigenvalue weighted by molar-refractivity contribution is -0.138. The molecule has 21 heavy (non-hydrogen) atoms. The van der Waals surface area contributed by atoms with Crippen molar-refractivity contribution in [2.24, 2.45) is 0 Å². The smallest absolute Gasteiger partial charge is 0.312 e. The summed E-state index contributed by atoms with van der Waals surface area (Å²) in [6, 6.07) is 0.486. The molecule has 0 radical (unpaired) electrons. The first kappa shape index (κ1) is 17.5. The molecule has 0 fully saturated rings. The Morgan fingerprint density at radius 1 is 1.43 bits per heavy atom. The van der Waals surface area contributed by atoms with E-state index in [1.54, 1.807) is 27.1 Å². The molecule has 0 spiro atoms. The number of alkyl halides is 3. The van der Waals surface area contributed by atoms with Gasteiger partial charge >= 0.3 is 6.18 Å². The minimum atomic E-state index is -4.51. The second-order valence-corrected chi connectivity index (χ2v) is 5.38. The molecule has 0 saturated carbocycles. The van der Waals surface area contributed by atoms with Crippen LogP contribution in [0.1, 0.15) is 30.5 Å². The van der Waals surface area contributed by atoms with Gasteiger partial charge in [0, 0.05) is 24.8 Å². The molecule has 0 aliphatic heterocycles. The lowest BCUT2D eigenvalue weighted by Gasteiger charge is -2.19. The molecule has 118 valence electrons. The number of rotatable bonds is 6. The van der Waals surface area contributed by atoms with Crippen LogP contribution >= 0.6 is 0 Å². The number of halogens is 3. The minimum absolute atomic E-state index is 0.145. The Hall–Kier alpha value is -1.56. The summed E-state index contributed by atoms with van der Waals surface area (Å²) in [5, 5.41) is 0. The van der Waals surface area contributed by atoms with Crippen molar-refractivity contribution in [1.82, 2.24) is 9.47 Å². The fourth-order valence-electron chi connectivity index (χ4n) is 2.10. The monoisotopic (exact) mass is 302 g/mol. The summed E-state index contributed by atoms with van der Waals surface area (Å²) in [5.74, 6) is 0. The normalized spacial score (nSPS) is 13.5. The highest BCUT2D eigenvalue weighted by Crippen LogP contribution is 2.31. The standard InChI is InChI=1S/C15H21F3N2O/c1-5-6-11(2)20-10-12(7-8-19(3)4)13(9-14(20)21)15(16,17)18/h5,9-11H,1,6-8H2,2-4H3/t11-/m0/s1.